The predicted molar refractivity (Wildman–Crippen MR) is 71.9 cm³/mol. The minimum absolute atomic E-state index is 0.176. The van der Waals surface area contributed by atoms with E-state index in [9.17, 15) is 0 Å². The number of nitrogens with one attached hydrogen (secondary N) is 1. The Labute approximate surface area is 99.2 Å². The van der Waals surface area contributed by atoms with Crippen molar-refractivity contribution >= 4 is 5.69 Å². The van der Waals surface area contributed by atoms with E-state index in [4.69, 9.17) is 5.73 Å². The molecule has 1 unspecified atom stereocenters. The summed E-state index contributed by atoms with van der Waals surface area (Å²) in [6.07, 6.45) is 0. The topological polar surface area (TPSA) is 38.0 Å². The van der Waals surface area contributed by atoms with Gasteiger partial charge in [-0.1, -0.05) is 45.9 Å². The van der Waals surface area contributed by atoms with Crippen LogP contribution in [0.15, 0.2) is 24.3 Å². The van der Waals surface area contributed by atoms with Gasteiger partial charge in [-0.05, 0) is 29.5 Å². The summed E-state index contributed by atoms with van der Waals surface area (Å²) in [5.41, 5.74) is 8.39. The van der Waals surface area contributed by atoms with Crippen LogP contribution in [-0.4, -0.2) is 13.1 Å². The zero-order valence-corrected chi connectivity index (χ0v) is 10.9. The first kappa shape index (κ1) is 13.0. The minimum atomic E-state index is 0.176. The highest BCUT2D eigenvalue weighted by Crippen LogP contribution is 2.29. The molecule has 1 aromatic carbocycles. The van der Waals surface area contributed by atoms with Crippen LogP contribution in [0.25, 0.3) is 0 Å². The molecule has 0 aliphatic rings. The number of para-hydroxylation sites is 1. The molecule has 1 aromatic rings. The van der Waals surface area contributed by atoms with Gasteiger partial charge in [0.2, 0.25) is 0 Å². The highest BCUT2D eigenvalue weighted by Gasteiger charge is 2.17. The van der Waals surface area contributed by atoms with E-state index in [1.807, 2.05) is 0 Å². The first-order chi connectivity index (χ1) is 7.45. The van der Waals surface area contributed by atoms with Crippen molar-refractivity contribution in [3.63, 3.8) is 0 Å². The molecule has 2 heteroatoms. The van der Waals surface area contributed by atoms with Crippen molar-refractivity contribution in [1.82, 2.24) is 0 Å². The van der Waals surface area contributed by atoms with Crippen molar-refractivity contribution < 1.29 is 0 Å². The van der Waals surface area contributed by atoms with Crippen molar-refractivity contribution in [3.8, 4) is 0 Å². The maximum absolute atomic E-state index is 5.62. The van der Waals surface area contributed by atoms with E-state index >= 15 is 0 Å². The summed E-state index contributed by atoms with van der Waals surface area (Å²) in [6.45, 7) is 10.5. The van der Waals surface area contributed by atoms with Crippen molar-refractivity contribution in [2.24, 2.45) is 11.7 Å². The van der Waals surface area contributed by atoms with Crippen LogP contribution in [0.1, 0.15) is 33.3 Å². The predicted octanol–water partition coefficient (Wildman–Crippen LogP) is 2.99. The average Bonchev–Trinajstić information content (AvgIpc) is 2.25. The number of hydrogen-bond acceptors (Lipinski definition) is 2. The maximum Gasteiger partial charge on any atom is 0.0378 e. The van der Waals surface area contributed by atoms with Gasteiger partial charge >= 0.3 is 0 Å². The molecule has 0 bridgehead atoms. The standard InChI is InChI=1S/C14H24N2/c1-11(9-15)10-16-13-8-6-5-7-12(13)14(2,3)4/h5-8,11,16H,9-10,15H2,1-4H3. The van der Waals surface area contributed by atoms with Gasteiger partial charge < -0.3 is 11.1 Å². The average molecular weight is 220 g/mol. The lowest BCUT2D eigenvalue weighted by molar-refractivity contribution is 0.587. The van der Waals surface area contributed by atoms with E-state index in [0.29, 0.717) is 5.92 Å². The van der Waals surface area contributed by atoms with Crippen molar-refractivity contribution in [3.05, 3.63) is 29.8 Å². The zero-order chi connectivity index (χ0) is 12.2. The second-order valence-corrected chi connectivity index (χ2v) is 5.52. The van der Waals surface area contributed by atoms with Crippen LogP contribution in [0.4, 0.5) is 5.69 Å². The molecule has 0 saturated carbocycles. The van der Waals surface area contributed by atoms with Crippen molar-refractivity contribution in [2.45, 2.75) is 33.1 Å². The molecule has 0 amide bonds. The molecule has 0 radical (unpaired) electrons. The molecule has 3 N–H and O–H groups in total. The highest BCUT2D eigenvalue weighted by atomic mass is 14.9. The molecule has 0 spiro atoms. The first-order valence-electron chi connectivity index (χ1n) is 5.98. The molecule has 0 fully saturated rings. The third kappa shape index (κ3) is 3.53. The number of hydrogen-bond donors (Lipinski definition) is 2. The lowest BCUT2D eigenvalue weighted by atomic mass is 9.86. The van der Waals surface area contributed by atoms with Gasteiger partial charge in [0, 0.05) is 12.2 Å². The molecule has 0 heterocycles. The Morgan fingerprint density at radius 1 is 1.25 bits per heavy atom. The molecular weight excluding hydrogens is 196 g/mol. The number of nitrogens with two attached hydrogens (primary N) is 1. The quantitative estimate of drug-likeness (QED) is 0.818. The Kier molecular flexibility index (Phi) is 4.36. The fraction of sp³-hybridized carbons (Fsp3) is 0.571. The monoisotopic (exact) mass is 220 g/mol. The van der Waals surface area contributed by atoms with Gasteiger partial charge in [-0.2, -0.15) is 0 Å². The lowest BCUT2D eigenvalue weighted by Crippen LogP contribution is -2.22. The van der Waals surface area contributed by atoms with Crippen LogP contribution in [0.2, 0.25) is 0 Å². The lowest BCUT2D eigenvalue weighted by Gasteiger charge is -2.24. The second kappa shape index (κ2) is 5.35. The largest absolute Gasteiger partial charge is 0.384 e. The Hall–Kier alpha value is -1.02. The van der Waals surface area contributed by atoms with Gasteiger partial charge in [0.25, 0.3) is 0 Å². The molecule has 0 aliphatic heterocycles. The molecule has 90 valence electrons. The van der Waals surface area contributed by atoms with Gasteiger partial charge in [0.1, 0.15) is 0 Å². The molecule has 1 atom stereocenters. The molecule has 0 aliphatic carbocycles. The number of rotatable bonds is 4. The molecule has 0 aromatic heterocycles. The Balaban J connectivity index is 2.80. The fourth-order valence-corrected chi connectivity index (χ4v) is 1.66. The van der Waals surface area contributed by atoms with Crippen LogP contribution in [0.5, 0.6) is 0 Å². The van der Waals surface area contributed by atoms with Gasteiger partial charge in [0.05, 0.1) is 0 Å². The number of benzene rings is 1. The van der Waals surface area contributed by atoms with Gasteiger partial charge in [-0.15, -0.1) is 0 Å². The minimum Gasteiger partial charge on any atom is -0.384 e. The van der Waals surface area contributed by atoms with Gasteiger partial charge in [0.15, 0.2) is 0 Å². The van der Waals surface area contributed by atoms with E-state index in [2.05, 4.69) is 57.3 Å². The summed E-state index contributed by atoms with van der Waals surface area (Å²) in [5.74, 6) is 0.507. The van der Waals surface area contributed by atoms with Crippen LogP contribution in [0.3, 0.4) is 0 Å². The van der Waals surface area contributed by atoms with E-state index in [1.165, 1.54) is 11.3 Å². The normalized spacial score (nSPS) is 13.6. The van der Waals surface area contributed by atoms with Gasteiger partial charge in [-0.25, -0.2) is 0 Å². The molecular formula is C14H24N2. The van der Waals surface area contributed by atoms with Crippen LogP contribution < -0.4 is 11.1 Å². The third-order valence-corrected chi connectivity index (χ3v) is 2.78. The maximum atomic E-state index is 5.62. The first-order valence-corrected chi connectivity index (χ1v) is 5.98. The van der Waals surface area contributed by atoms with Crippen LogP contribution in [0, 0.1) is 5.92 Å². The summed E-state index contributed by atoms with van der Waals surface area (Å²) in [5, 5.41) is 3.49. The van der Waals surface area contributed by atoms with Crippen molar-refractivity contribution in [1.29, 1.82) is 0 Å². The SMILES string of the molecule is CC(CN)CNc1ccccc1C(C)(C)C. The summed E-state index contributed by atoms with van der Waals surface area (Å²) in [4.78, 5) is 0. The highest BCUT2D eigenvalue weighted by molar-refractivity contribution is 5.54. The summed E-state index contributed by atoms with van der Waals surface area (Å²) < 4.78 is 0. The van der Waals surface area contributed by atoms with E-state index in [0.717, 1.165) is 13.1 Å². The van der Waals surface area contributed by atoms with E-state index < -0.39 is 0 Å². The fourth-order valence-electron chi connectivity index (χ4n) is 1.66. The van der Waals surface area contributed by atoms with E-state index in [1.54, 1.807) is 0 Å². The molecule has 1 rings (SSSR count). The van der Waals surface area contributed by atoms with E-state index in [-0.39, 0.29) is 5.41 Å². The van der Waals surface area contributed by atoms with Crippen LogP contribution >= 0.6 is 0 Å². The smallest absolute Gasteiger partial charge is 0.0378 e. The summed E-state index contributed by atoms with van der Waals surface area (Å²) in [6, 6.07) is 8.50. The van der Waals surface area contributed by atoms with Crippen LogP contribution in [-0.2, 0) is 5.41 Å². The molecule has 16 heavy (non-hydrogen) atoms. The van der Waals surface area contributed by atoms with Gasteiger partial charge in [-0.3, -0.25) is 0 Å². The Bertz CT molecular complexity index is 326. The summed E-state index contributed by atoms with van der Waals surface area (Å²) in [7, 11) is 0. The molecule has 0 saturated heterocycles. The Morgan fingerprint density at radius 3 is 2.44 bits per heavy atom. The van der Waals surface area contributed by atoms with Crippen molar-refractivity contribution in [2.75, 3.05) is 18.4 Å². The number of anilines is 1. The Morgan fingerprint density at radius 2 is 1.88 bits per heavy atom. The molecule has 2 nitrogen and oxygen atoms in total. The second-order valence-electron chi connectivity index (χ2n) is 5.52. The summed E-state index contributed by atoms with van der Waals surface area (Å²) >= 11 is 0. The zero-order valence-electron chi connectivity index (χ0n) is 10.9. The third-order valence-electron chi connectivity index (χ3n) is 2.78.